The first-order chi connectivity index (χ1) is 16.8. The fraction of sp³-hybridized carbons (Fsp3) is 0.240. The molecule has 1 atom stereocenters. The summed E-state index contributed by atoms with van der Waals surface area (Å²) in [5, 5.41) is 0.484. The summed E-state index contributed by atoms with van der Waals surface area (Å²) in [6, 6.07) is 17.6. The molecule has 182 valence electrons. The van der Waals surface area contributed by atoms with Gasteiger partial charge in [0.15, 0.2) is 5.76 Å². The van der Waals surface area contributed by atoms with E-state index in [9.17, 15) is 22.8 Å². The topological polar surface area (TPSA) is 117 Å². The molecule has 10 heteroatoms. The van der Waals surface area contributed by atoms with Gasteiger partial charge in [-0.15, -0.1) is 0 Å². The number of sulfone groups is 1. The maximum absolute atomic E-state index is 13.4. The van der Waals surface area contributed by atoms with Gasteiger partial charge in [-0.05, 0) is 42.8 Å². The van der Waals surface area contributed by atoms with E-state index < -0.39 is 27.0 Å². The van der Waals surface area contributed by atoms with Crippen LogP contribution in [0.1, 0.15) is 26.5 Å². The van der Waals surface area contributed by atoms with E-state index in [0.29, 0.717) is 5.56 Å². The predicted octanol–water partition coefficient (Wildman–Crippen LogP) is 2.10. The van der Waals surface area contributed by atoms with Gasteiger partial charge < -0.3 is 19.5 Å². The summed E-state index contributed by atoms with van der Waals surface area (Å²) in [5.74, 6) is -1.84. The number of carbonyl (C=O) groups is 3. The third kappa shape index (κ3) is 5.12. The van der Waals surface area contributed by atoms with E-state index in [-0.39, 0.29) is 42.7 Å². The van der Waals surface area contributed by atoms with Gasteiger partial charge >= 0.3 is 0 Å². The molecular weight excluding hydrogens is 470 g/mol. The number of carbonyl (C=O) groups excluding carboxylic acids is 3. The molecule has 0 aliphatic carbocycles. The van der Waals surface area contributed by atoms with Crippen molar-refractivity contribution in [2.75, 3.05) is 26.2 Å². The lowest BCUT2D eigenvalue weighted by atomic mass is 10.1. The molecule has 0 radical (unpaired) electrons. The van der Waals surface area contributed by atoms with Crippen LogP contribution in [0, 0.1) is 6.92 Å². The molecule has 1 aliphatic heterocycles. The molecule has 2 aromatic carbocycles. The number of aryl methyl sites for hydroxylation is 1. The lowest BCUT2D eigenvalue weighted by Crippen LogP contribution is -2.57. The smallest absolute Gasteiger partial charge is 0.288 e. The Hall–Kier alpha value is -3.92. The molecule has 1 N–H and O–H groups in total. The zero-order valence-electron chi connectivity index (χ0n) is 19.1. The van der Waals surface area contributed by atoms with Crippen molar-refractivity contribution in [3.8, 4) is 0 Å². The second-order valence-corrected chi connectivity index (χ2v) is 10.2. The fourth-order valence-electron chi connectivity index (χ4n) is 3.90. The number of piperazine rings is 1. The number of rotatable bonds is 6. The van der Waals surface area contributed by atoms with Gasteiger partial charge in [0.05, 0.1) is 11.2 Å². The van der Waals surface area contributed by atoms with Crippen LogP contribution in [0.25, 0.3) is 0 Å². The Balaban J connectivity index is 1.53. The molecule has 1 fully saturated rings. The summed E-state index contributed by atoms with van der Waals surface area (Å²) in [5.41, 5.74) is 1.44. The van der Waals surface area contributed by atoms with Crippen molar-refractivity contribution in [2.24, 2.45) is 0 Å². The molecule has 1 aliphatic rings. The summed E-state index contributed by atoms with van der Waals surface area (Å²) < 4.78 is 31.8. The molecule has 0 unspecified atom stereocenters. The molecule has 2 heterocycles. The van der Waals surface area contributed by atoms with Crippen LogP contribution in [0.15, 0.2) is 82.3 Å². The lowest BCUT2D eigenvalue weighted by molar-refractivity contribution is -0.132. The highest BCUT2D eigenvalue weighted by atomic mass is 32.2. The van der Waals surface area contributed by atoms with Crippen molar-refractivity contribution >= 4 is 27.6 Å². The molecule has 4 rings (SSSR count). The number of amides is 3. The third-order valence-corrected chi connectivity index (χ3v) is 7.74. The number of nitrogens with zero attached hydrogens (tertiary/aromatic N) is 2. The maximum atomic E-state index is 13.4. The minimum absolute atomic E-state index is 0.0912. The van der Waals surface area contributed by atoms with Gasteiger partial charge in [-0.2, -0.15) is 0 Å². The fourth-order valence-corrected chi connectivity index (χ4v) is 5.38. The van der Waals surface area contributed by atoms with Gasteiger partial charge in [0.1, 0.15) is 0 Å². The average molecular weight is 496 g/mol. The number of nitrogens with one attached hydrogen (secondary N) is 1. The van der Waals surface area contributed by atoms with Crippen molar-refractivity contribution in [1.29, 1.82) is 0 Å². The molecule has 0 saturated carbocycles. The van der Waals surface area contributed by atoms with Crippen LogP contribution in [-0.4, -0.2) is 67.5 Å². The molecule has 9 nitrogen and oxygen atoms in total. The van der Waals surface area contributed by atoms with E-state index in [1.165, 1.54) is 35.4 Å². The minimum atomic E-state index is -4.26. The zero-order chi connectivity index (χ0) is 25.0. The Morgan fingerprint density at radius 2 is 1.49 bits per heavy atom. The van der Waals surface area contributed by atoms with Gasteiger partial charge in [-0.25, -0.2) is 8.42 Å². The van der Waals surface area contributed by atoms with Crippen molar-refractivity contribution in [2.45, 2.75) is 17.2 Å². The average Bonchev–Trinajstić information content (AvgIpc) is 3.42. The number of benzene rings is 2. The summed E-state index contributed by atoms with van der Waals surface area (Å²) >= 11 is 0. The minimum Gasteiger partial charge on any atom is -0.459 e. The predicted molar refractivity (Wildman–Crippen MR) is 127 cm³/mol. The number of hydrogen-bond donors (Lipinski definition) is 1. The highest BCUT2D eigenvalue weighted by Gasteiger charge is 2.40. The second kappa shape index (κ2) is 10.1. The first kappa shape index (κ1) is 24.2. The van der Waals surface area contributed by atoms with Crippen LogP contribution in [0.4, 0.5) is 0 Å². The third-order valence-electron chi connectivity index (χ3n) is 5.87. The normalized spacial score (nSPS) is 14.9. The number of hydrogen-bond acceptors (Lipinski definition) is 6. The first-order valence-corrected chi connectivity index (χ1v) is 12.6. The monoisotopic (exact) mass is 495 g/mol. The van der Waals surface area contributed by atoms with E-state index in [2.05, 4.69) is 5.32 Å². The highest BCUT2D eigenvalue weighted by Crippen LogP contribution is 2.19. The van der Waals surface area contributed by atoms with Gasteiger partial charge in [-0.3, -0.25) is 14.4 Å². The maximum Gasteiger partial charge on any atom is 0.288 e. The molecule has 3 aromatic rings. The van der Waals surface area contributed by atoms with Gasteiger partial charge in [0.25, 0.3) is 17.7 Å². The van der Waals surface area contributed by atoms with Crippen molar-refractivity contribution < 1.29 is 27.2 Å². The van der Waals surface area contributed by atoms with E-state index in [1.54, 1.807) is 35.2 Å². The summed E-state index contributed by atoms with van der Waals surface area (Å²) in [6.07, 6.45) is 1.28. The van der Waals surface area contributed by atoms with Crippen molar-refractivity contribution in [1.82, 2.24) is 15.1 Å². The van der Waals surface area contributed by atoms with E-state index >= 15 is 0 Å². The standard InChI is InChI=1S/C25H25N3O6S/c1-18-8-5-6-11-20(18)24(30)27-13-15-28(16-14-27)25(31)23(26-22(29)21-12-7-17-34-21)35(32,33)19-9-3-2-4-10-19/h2-12,17,23H,13-16H2,1H3,(H,26,29)/t23-/m0/s1. The Morgan fingerprint density at radius 3 is 2.11 bits per heavy atom. The van der Waals surface area contributed by atoms with Crippen LogP contribution >= 0.6 is 0 Å². The van der Waals surface area contributed by atoms with E-state index in [4.69, 9.17) is 4.42 Å². The molecule has 0 spiro atoms. The summed E-state index contributed by atoms with van der Waals surface area (Å²) in [6.45, 7) is 2.60. The van der Waals surface area contributed by atoms with Crippen LogP contribution < -0.4 is 5.32 Å². The lowest BCUT2D eigenvalue weighted by Gasteiger charge is -2.36. The van der Waals surface area contributed by atoms with Crippen LogP contribution in [0.3, 0.4) is 0 Å². The molecule has 1 saturated heterocycles. The van der Waals surface area contributed by atoms with Crippen LogP contribution in [0.5, 0.6) is 0 Å². The largest absolute Gasteiger partial charge is 0.459 e. The Kier molecular flexibility index (Phi) is 7.02. The highest BCUT2D eigenvalue weighted by molar-refractivity contribution is 7.92. The van der Waals surface area contributed by atoms with Gasteiger partial charge in [-0.1, -0.05) is 36.4 Å². The van der Waals surface area contributed by atoms with Gasteiger partial charge in [0, 0.05) is 31.7 Å². The van der Waals surface area contributed by atoms with E-state index in [0.717, 1.165) is 5.56 Å². The Labute approximate surface area is 203 Å². The SMILES string of the molecule is Cc1ccccc1C(=O)N1CCN(C(=O)[C@@H](NC(=O)c2ccco2)S(=O)(=O)c2ccccc2)CC1. The second-order valence-electron chi connectivity index (χ2n) is 8.12. The van der Waals surface area contributed by atoms with E-state index in [1.807, 2.05) is 19.1 Å². The quantitative estimate of drug-likeness (QED) is 0.560. The first-order valence-electron chi connectivity index (χ1n) is 11.1. The molecule has 35 heavy (non-hydrogen) atoms. The number of furan rings is 1. The van der Waals surface area contributed by atoms with Crippen molar-refractivity contribution in [3.05, 3.63) is 89.9 Å². The van der Waals surface area contributed by atoms with Crippen molar-refractivity contribution in [3.63, 3.8) is 0 Å². The molecule has 0 bridgehead atoms. The zero-order valence-corrected chi connectivity index (χ0v) is 19.9. The Morgan fingerprint density at radius 1 is 0.857 bits per heavy atom. The van der Waals surface area contributed by atoms with Crippen LogP contribution in [0.2, 0.25) is 0 Å². The molecular formula is C25H25N3O6S. The molecule has 1 aromatic heterocycles. The summed E-state index contributed by atoms with van der Waals surface area (Å²) in [7, 11) is -4.26. The summed E-state index contributed by atoms with van der Waals surface area (Å²) in [4.78, 5) is 41.9. The Bertz CT molecular complexity index is 1310. The van der Waals surface area contributed by atoms with Crippen LogP contribution in [-0.2, 0) is 14.6 Å². The molecule has 3 amide bonds. The van der Waals surface area contributed by atoms with Gasteiger partial charge in [0.2, 0.25) is 15.2 Å².